The van der Waals surface area contributed by atoms with Crippen LogP contribution in [0.4, 0.5) is 5.69 Å². The first-order chi connectivity index (χ1) is 9.61. The average molecular weight is 287 g/mol. The molecule has 0 bridgehead atoms. The van der Waals surface area contributed by atoms with Gasteiger partial charge < -0.3 is 9.83 Å². The number of aromatic carboxylic acids is 1. The molecule has 2 aromatic carbocycles. The Morgan fingerprint density at radius 1 is 1.15 bits per heavy atom. The van der Waals surface area contributed by atoms with Gasteiger partial charge in [0, 0.05) is 4.90 Å². The predicted molar refractivity (Wildman–Crippen MR) is 85.8 cm³/mol. The van der Waals surface area contributed by atoms with E-state index in [-0.39, 0.29) is 10.7 Å². The van der Waals surface area contributed by atoms with Crippen molar-refractivity contribution in [1.82, 2.24) is 0 Å². The normalized spacial score (nSPS) is 12.1. The fourth-order valence-electron chi connectivity index (χ4n) is 1.82. The molecule has 0 saturated heterocycles. The van der Waals surface area contributed by atoms with Gasteiger partial charge in [-0.2, -0.15) is 0 Å². The summed E-state index contributed by atoms with van der Waals surface area (Å²) in [6.45, 7) is 4.02. The number of aryl methyl sites for hydroxylation is 1. The van der Waals surface area contributed by atoms with Gasteiger partial charge in [0.05, 0.1) is 11.3 Å². The Balaban J connectivity index is 2.32. The van der Waals surface area contributed by atoms with Crippen molar-refractivity contribution in [3.8, 4) is 0 Å². The third-order valence-corrected chi connectivity index (χ3v) is 4.58. The van der Waals surface area contributed by atoms with E-state index >= 15 is 0 Å². The Hall–Kier alpha value is -2.07. The molecule has 1 unspecified atom stereocenters. The van der Waals surface area contributed by atoms with E-state index in [0.29, 0.717) is 11.3 Å². The first-order valence-electron chi connectivity index (χ1n) is 6.30. The Morgan fingerprint density at radius 3 is 2.40 bits per heavy atom. The average Bonchev–Trinajstić information content (AvgIpc) is 2.46. The summed E-state index contributed by atoms with van der Waals surface area (Å²) in [4.78, 5) is 12.4. The Kier molecular flexibility index (Phi) is 4.58. The van der Waals surface area contributed by atoms with E-state index in [1.54, 1.807) is 18.2 Å². The lowest BCUT2D eigenvalue weighted by molar-refractivity contribution is 0.0698. The summed E-state index contributed by atoms with van der Waals surface area (Å²) in [7, 11) is -0.319. The minimum Gasteiger partial charge on any atom is -0.478 e. The molecule has 0 fully saturated rings. The van der Waals surface area contributed by atoms with E-state index in [2.05, 4.69) is 29.0 Å². The zero-order chi connectivity index (χ0) is 14.5. The summed E-state index contributed by atoms with van der Waals surface area (Å²) in [5.74, 6) is -0.920. The summed E-state index contributed by atoms with van der Waals surface area (Å²) in [6, 6.07) is 15.2. The smallest absolute Gasteiger partial charge is 0.337 e. The van der Waals surface area contributed by atoms with E-state index < -0.39 is 5.97 Å². The molecule has 0 aliphatic carbocycles. The maximum absolute atomic E-state index is 11.2. The molecule has 1 atom stereocenters. The molecule has 0 spiro atoms. The highest BCUT2D eigenvalue weighted by molar-refractivity contribution is 8.16. The van der Waals surface area contributed by atoms with Gasteiger partial charge in [-0.15, -0.1) is 0 Å². The van der Waals surface area contributed by atoms with Crippen molar-refractivity contribution >= 4 is 27.7 Å². The van der Waals surface area contributed by atoms with Crippen molar-refractivity contribution in [2.45, 2.75) is 18.7 Å². The zero-order valence-corrected chi connectivity index (χ0v) is 12.3. The minimum atomic E-state index is -0.920. The maximum Gasteiger partial charge on any atom is 0.337 e. The van der Waals surface area contributed by atoms with E-state index in [4.69, 9.17) is 0 Å². The molecule has 0 aromatic heterocycles. The number of hydrogen-bond acceptors (Lipinski definition) is 2. The van der Waals surface area contributed by atoms with Crippen molar-refractivity contribution in [2.24, 2.45) is 0 Å². The van der Waals surface area contributed by atoms with Crippen LogP contribution in [0.25, 0.3) is 0 Å². The number of hydrogen-bond donors (Lipinski definition) is 2. The van der Waals surface area contributed by atoms with Gasteiger partial charge in [-0.05, 0) is 43.5 Å². The molecule has 0 heterocycles. The standard InChI is InChI=1S/C16H17NO2S/c1-3-20(13-10-8-12(2)9-11-13)17-15-7-5-4-6-14(15)16(18)19/h3-11,17H,1-2H3,(H,18,19). The maximum atomic E-state index is 11.2. The zero-order valence-electron chi connectivity index (χ0n) is 11.5. The van der Waals surface area contributed by atoms with Gasteiger partial charge >= 0.3 is 5.97 Å². The van der Waals surface area contributed by atoms with Crippen LogP contribution in [0.2, 0.25) is 0 Å². The second-order valence-corrected chi connectivity index (χ2v) is 6.16. The molecule has 2 aromatic rings. The number of benzene rings is 2. The van der Waals surface area contributed by atoms with Crippen LogP contribution >= 0.6 is 10.7 Å². The molecule has 0 aliphatic rings. The second kappa shape index (κ2) is 6.39. The van der Waals surface area contributed by atoms with Gasteiger partial charge in [0.2, 0.25) is 0 Å². The van der Waals surface area contributed by atoms with Crippen molar-refractivity contribution in [3.63, 3.8) is 0 Å². The largest absolute Gasteiger partial charge is 0.478 e. The Labute approximate surface area is 121 Å². The van der Waals surface area contributed by atoms with Gasteiger partial charge in [-0.3, -0.25) is 0 Å². The topological polar surface area (TPSA) is 49.3 Å². The fourth-order valence-corrected chi connectivity index (χ4v) is 3.17. The number of anilines is 1. The summed E-state index contributed by atoms with van der Waals surface area (Å²) in [5.41, 5.74) is 2.14. The van der Waals surface area contributed by atoms with Crippen LogP contribution in [-0.2, 0) is 0 Å². The summed E-state index contributed by atoms with van der Waals surface area (Å²) < 4.78 is 3.31. The van der Waals surface area contributed by atoms with E-state index in [9.17, 15) is 9.90 Å². The molecule has 104 valence electrons. The Morgan fingerprint density at radius 2 is 1.80 bits per heavy atom. The molecule has 0 aliphatic heterocycles. The molecule has 2 rings (SSSR count). The number of carboxylic acid groups (broad SMARTS) is 1. The highest BCUT2D eigenvalue weighted by atomic mass is 32.2. The highest BCUT2D eigenvalue weighted by Gasteiger charge is 2.09. The minimum absolute atomic E-state index is 0.291. The van der Waals surface area contributed by atoms with Gasteiger partial charge in [0.15, 0.2) is 0 Å². The third kappa shape index (κ3) is 3.27. The van der Waals surface area contributed by atoms with Crippen LogP contribution in [0.15, 0.2) is 53.4 Å². The van der Waals surface area contributed by atoms with Crippen molar-refractivity contribution in [1.29, 1.82) is 0 Å². The summed E-state index contributed by atoms with van der Waals surface area (Å²) >= 11 is 0. The van der Waals surface area contributed by atoms with Gasteiger partial charge in [0.1, 0.15) is 0 Å². The monoisotopic (exact) mass is 287 g/mol. The lowest BCUT2D eigenvalue weighted by Crippen LogP contribution is -2.02. The number of rotatable bonds is 4. The van der Waals surface area contributed by atoms with Gasteiger partial charge in [-0.25, -0.2) is 4.79 Å². The molecular weight excluding hydrogens is 270 g/mol. The van der Waals surface area contributed by atoms with Crippen LogP contribution < -0.4 is 4.72 Å². The molecule has 20 heavy (non-hydrogen) atoms. The predicted octanol–water partition coefficient (Wildman–Crippen LogP) is 4.17. The molecule has 4 heteroatoms. The third-order valence-electron chi connectivity index (χ3n) is 2.89. The Bertz CT molecular complexity index is 648. The van der Waals surface area contributed by atoms with Crippen LogP contribution in [0.5, 0.6) is 0 Å². The number of carboxylic acids is 1. The summed E-state index contributed by atoms with van der Waals surface area (Å²) in [5, 5.41) is 11.3. The number of para-hydroxylation sites is 1. The fraction of sp³-hybridized carbons (Fsp3) is 0.125. The first-order valence-corrected chi connectivity index (χ1v) is 7.59. The lowest BCUT2D eigenvalue weighted by atomic mass is 10.2. The molecule has 3 nitrogen and oxygen atoms in total. The van der Waals surface area contributed by atoms with Crippen molar-refractivity contribution in [3.05, 3.63) is 59.7 Å². The van der Waals surface area contributed by atoms with Crippen LogP contribution in [0.1, 0.15) is 22.8 Å². The molecule has 2 N–H and O–H groups in total. The van der Waals surface area contributed by atoms with Crippen LogP contribution in [-0.4, -0.2) is 16.4 Å². The van der Waals surface area contributed by atoms with Crippen LogP contribution in [0, 0.1) is 6.92 Å². The number of carbonyl (C=O) groups is 1. The molecule has 0 amide bonds. The van der Waals surface area contributed by atoms with E-state index in [1.807, 2.05) is 25.3 Å². The quantitative estimate of drug-likeness (QED) is 0.830. The van der Waals surface area contributed by atoms with Gasteiger partial charge in [-0.1, -0.05) is 40.5 Å². The SMILES string of the molecule is C/C=S(\Nc1ccccc1C(=O)O)c1ccc(C)cc1. The van der Waals surface area contributed by atoms with Crippen LogP contribution in [0.3, 0.4) is 0 Å². The molecular formula is C16H17NO2S. The van der Waals surface area contributed by atoms with E-state index in [1.165, 1.54) is 5.56 Å². The number of nitrogens with one attached hydrogen (secondary N) is 1. The van der Waals surface area contributed by atoms with Gasteiger partial charge in [0.25, 0.3) is 0 Å². The first kappa shape index (κ1) is 14.3. The molecule has 0 saturated carbocycles. The second-order valence-electron chi connectivity index (χ2n) is 4.34. The van der Waals surface area contributed by atoms with Crippen molar-refractivity contribution in [2.75, 3.05) is 4.72 Å². The molecule has 0 radical (unpaired) electrons. The highest BCUT2D eigenvalue weighted by Crippen LogP contribution is 2.29. The lowest BCUT2D eigenvalue weighted by Gasteiger charge is -2.14. The van der Waals surface area contributed by atoms with E-state index in [0.717, 1.165) is 4.90 Å². The summed E-state index contributed by atoms with van der Waals surface area (Å²) in [6.07, 6.45) is 0. The van der Waals surface area contributed by atoms with Crippen molar-refractivity contribution < 1.29 is 9.90 Å².